The molecule has 2 aromatic carbocycles. The average molecular weight is 404 g/mol. The van der Waals surface area contributed by atoms with Crippen molar-refractivity contribution in [2.45, 2.75) is 31.0 Å². The van der Waals surface area contributed by atoms with Gasteiger partial charge in [0, 0.05) is 12.3 Å². The van der Waals surface area contributed by atoms with Gasteiger partial charge in [0.15, 0.2) is 11.0 Å². The first-order chi connectivity index (χ1) is 13.1. The van der Waals surface area contributed by atoms with Gasteiger partial charge in [0.25, 0.3) is 0 Å². The fraction of sp³-hybridized carbons (Fsp3) is 0.200. The summed E-state index contributed by atoms with van der Waals surface area (Å²) in [6.07, 6.45) is 1.79. The van der Waals surface area contributed by atoms with E-state index in [2.05, 4.69) is 48.0 Å². The van der Waals surface area contributed by atoms with Crippen molar-refractivity contribution < 1.29 is 9.13 Å². The number of halogens is 2. The van der Waals surface area contributed by atoms with Crippen molar-refractivity contribution in [3.8, 4) is 5.75 Å². The molecule has 1 heterocycles. The second-order valence-electron chi connectivity index (χ2n) is 5.94. The first kappa shape index (κ1) is 19.5. The molecular formula is C20H19ClFN3OS. The zero-order valence-corrected chi connectivity index (χ0v) is 16.4. The Morgan fingerprint density at radius 3 is 2.70 bits per heavy atom. The maximum absolute atomic E-state index is 13.1. The van der Waals surface area contributed by atoms with Gasteiger partial charge in [0.1, 0.15) is 18.2 Å². The van der Waals surface area contributed by atoms with Gasteiger partial charge in [-0.25, -0.2) is 4.39 Å². The van der Waals surface area contributed by atoms with Crippen LogP contribution < -0.4 is 4.74 Å². The summed E-state index contributed by atoms with van der Waals surface area (Å²) in [7, 11) is 0. The molecule has 0 radical (unpaired) electrons. The molecule has 0 saturated heterocycles. The third-order valence-electron chi connectivity index (χ3n) is 3.84. The monoisotopic (exact) mass is 403 g/mol. The van der Waals surface area contributed by atoms with E-state index in [0.29, 0.717) is 18.1 Å². The number of aryl methyl sites for hydroxylation is 1. The molecule has 0 fully saturated rings. The molecule has 7 heteroatoms. The minimum Gasteiger partial charge on any atom is -0.484 e. The summed E-state index contributed by atoms with van der Waals surface area (Å²) in [4.78, 5) is 0. The summed E-state index contributed by atoms with van der Waals surface area (Å²) in [6.45, 7) is 6.61. The van der Waals surface area contributed by atoms with Crippen LogP contribution in [0.5, 0.6) is 5.75 Å². The van der Waals surface area contributed by atoms with Crippen molar-refractivity contribution in [3.63, 3.8) is 0 Å². The molecule has 0 atom stereocenters. The van der Waals surface area contributed by atoms with Gasteiger partial charge >= 0.3 is 0 Å². The maximum atomic E-state index is 13.1. The van der Waals surface area contributed by atoms with Crippen LogP contribution in [0, 0.1) is 12.7 Å². The van der Waals surface area contributed by atoms with Crippen LogP contribution in [-0.4, -0.2) is 14.8 Å². The van der Waals surface area contributed by atoms with E-state index in [4.69, 9.17) is 16.3 Å². The molecule has 0 aliphatic rings. The highest BCUT2D eigenvalue weighted by atomic mass is 35.5. The Hall–Kier alpha value is -2.31. The SMILES string of the molecule is C=CCn1c(COc2ccc(F)cc2Cl)nnc1SCc1ccc(C)cc1. The van der Waals surface area contributed by atoms with Crippen LogP contribution in [0.1, 0.15) is 17.0 Å². The molecule has 0 aliphatic heterocycles. The molecule has 3 aromatic rings. The zero-order valence-electron chi connectivity index (χ0n) is 14.9. The quantitative estimate of drug-likeness (QED) is 0.371. The van der Waals surface area contributed by atoms with Crippen molar-refractivity contribution in [2.24, 2.45) is 0 Å². The van der Waals surface area contributed by atoms with Gasteiger partial charge in [-0.3, -0.25) is 4.57 Å². The van der Waals surface area contributed by atoms with Gasteiger partial charge in [-0.15, -0.1) is 16.8 Å². The molecule has 4 nitrogen and oxygen atoms in total. The lowest BCUT2D eigenvalue weighted by molar-refractivity contribution is 0.289. The van der Waals surface area contributed by atoms with Gasteiger partial charge in [0.2, 0.25) is 0 Å². The van der Waals surface area contributed by atoms with Crippen molar-refractivity contribution in [1.29, 1.82) is 0 Å². The molecule has 27 heavy (non-hydrogen) atoms. The first-order valence-electron chi connectivity index (χ1n) is 8.36. The zero-order chi connectivity index (χ0) is 19.2. The van der Waals surface area contributed by atoms with Crippen LogP contribution in [0.25, 0.3) is 0 Å². The Kier molecular flexibility index (Phi) is 6.53. The van der Waals surface area contributed by atoms with Crippen LogP contribution in [0.4, 0.5) is 4.39 Å². The van der Waals surface area contributed by atoms with E-state index < -0.39 is 5.82 Å². The standard InChI is InChI=1S/C20H19ClFN3OS/c1-3-10-25-19(12-26-18-9-8-16(22)11-17(18)21)23-24-20(25)27-13-15-6-4-14(2)5-7-15/h3-9,11H,1,10,12-13H2,2H3. The molecule has 0 aliphatic carbocycles. The molecule has 0 amide bonds. The number of ether oxygens (including phenoxy) is 1. The number of rotatable bonds is 8. The van der Waals surface area contributed by atoms with Gasteiger partial charge in [-0.05, 0) is 30.7 Å². The maximum Gasteiger partial charge on any atom is 0.191 e. The summed E-state index contributed by atoms with van der Waals surface area (Å²) in [5, 5.41) is 9.51. The van der Waals surface area contributed by atoms with E-state index >= 15 is 0 Å². The summed E-state index contributed by atoms with van der Waals surface area (Å²) < 4.78 is 20.8. The minimum absolute atomic E-state index is 0.178. The fourth-order valence-electron chi connectivity index (χ4n) is 2.41. The first-order valence-corrected chi connectivity index (χ1v) is 9.72. The average Bonchev–Trinajstić information content (AvgIpc) is 3.03. The smallest absolute Gasteiger partial charge is 0.191 e. The molecule has 140 valence electrons. The van der Waals surface area contributed by atoms with Crippen molar-refractivity contribution in [3.05, 3.63) is 82.9 Å². The number of benzene rings is 2. The molecule has 3 rings (SSSR count). The fourth-order valence-corrected chi connectivity index (χ4v) is 3.56. The predicted octanol–water partition coefficient (Wildman–Crippen LogP) is 5.44. The minimum atomic E-state index is -0.406. The number of hydrogen-bond acceptors (Lipinski definition) is 4. The van der Waals surface area contributed by atoms with Gasteiger partial charge in [-0.1, -0.05) is 59.3 Å². The molecule has 0 bridgehead atoms. The molecule has 0 saturated carbocycles. The molecule has 0 unspecified atom stereocenters. The van der Waals surface area contributed by atoms with Crippen molar-refractivity contribution >= 4 is 23.4 Å². The van der Waals surface area contributed by atoms with Crippen molar-refractivity contribution in [1.82, 2.24) is 14.8 Å². The lowest BCUT2D eigenvalue weighted by atomic mass is 10.2. The number of nitrogens with zero attached hydrogens (tertiary/aromatic N) is 3. The summed E-state index contributed by atoms with van der Waals surface area (Å²) in [5.41, 5.74) is 2.45. The number of aromatic nitrogens is 3. The van der Waals surface area contributed by atoms with Crippen LogP contribution in [0.15, 0.2) is 60.3 Å². The summed E-state index contributed by atoms with van der Waals surface area (Å²) in [6, 6.07) is 12.4. The van der Waals surface area contributed by atoms with E-state index in [-0.39, 0.29) is 11.6 Å². The van der Waals surface area contributed by atoms with Crippen LogP contribution in [0.2, 0.25) is 5.02 Å². The lowest BCUT2D eigenvalue weighted by Gasteiger charge is -2.10. The molecule has 1 aromatic heterocycles. The van der Waals surface area contributed by atoms with E-state index in [9.17, 15) is 4.39 Å². The molecular weight excluding hydrogens is 385 g/mol. The number of thioether (sulfide) groups is 1. The van der Waals surface area contributed by atoms with E-state index in [1.807, 2.05) is 4.57 Å². The van der Waals surface area contributed by atoms with Crippen LogP contribution in [0.3, 0.4) is 0 Å². The van der Waals surface area contributed by atoms with E-state index in [1.54, 1.807) is 17.8 Å². The second-order valence-corrected chi connectivity index (χ2v) is 7.29. The Bertz CT molecular complexity index is 927. The van der Waals surface area contributed by atoms with Crippen LogP contribution in [-0.2, 0) is 18.9 Å². The third-order valence-corrected chi connectivity index (χ3v) is 5.18. The number of hydrogen-bond donors (Lipinski definition) is 0. The van der Waals surface area contributed by atoms with Crippen molar-refractivity contribution in [2.75, 3.05) is 0 Å². The Morgan fingerprint density at radius 2 is 2.00 bits per heavy atom. The summed E-state index contributed by atoms with van der Waals surface area (Å²) >= 11 is 7.61. The predicted molar refractivity (Wildman–Crippen MR) is 107 cm³/mol. The molecule has 0 N–H and O–H groups in total. The lowest BCUT2D eigenvalue weighted by Crippen LogP contribution is -2.07. The van der Waals surface area contributed by atoms with Gasteiger partial charge < -0.3 is 4.74 Å². The van der Waals surface area contributed by atoms with Gasteiger partial charge in [0.05, 0.1) is 5.02 Å². The second kappa shape index (κ2) is 9.06. The van der Waals surface area contributed by atoms with E-state index in [0.717, 1.165) is 10.9 Å². The topological polar surface area (TPSA) is 39.9 Å². The highest BCUT2D eigenvalue weighted by Crippen LogP contribution is 2.27. The normalized spacial score (nSPS) is 10.8. The van der Waals surface area contributed by atoms with Crippen LogP contribution >= 0.6 is 23.4 Å². The Morgan fingerprint density at radius 1 is 1.22 bits per heavy atom. The highest BCUT2D eigenvalue weighted by Gasteiger charge is 2.13. The van der Waals surface area contributed by atoms with Gasteiger partial charge in [-0.2, -0.15) is 0 Å². The largest absolute Gasteiger partial charge is 0.484 e. The summed E-state index contributed by atoms with van der Waals surface area (Å²) in [5.74, 6) is 1.44. The third kappa shape index (κ3) is 5.11. The number of allylic oxidation sites excluding steroid dienone is 1. The Labute approximate surface area is 167 Å². The molecule has 0 spiro atoms. The highest BCUT2D eigenvalue weighted by molar-refractivity contribution is 7.98. The van der Waals surface area contributed by atoms with E-state index in [1.165, 1.54) is 29.3 Å². The Balaban J connectivity index is 1.70.